The molecule has 1 N–H and O–H groups in total. The van der Waals surface area contributed by atoms with Crippen LogP contribution >= 0.6 is 0 Å². The quantitative estimate of drug-likeness (QED) is 0.392. The summed E-state index contributed by atoms with van der Waals surface area (Å²) in [5, 5.41) is 20.2. The number of hydrogen-bond acceptors (Lipinski definition) is 6. The predicted octanol–water partition coefficient (Wildman–Crippen LogP) is 3.63. The van der Waals surface area contributed by atoms with Gasteiger partial charge in [-0.25, -0.2) is 28.1 Å². The van der Waals surface area contributed by atoms with Crippen molar-refractivity contribution in [2.24, 2.45) is 0 Å². The summed E-state index contributed by atoms with van der Waals surface area (Å²) in [6.07, 6.45) is -1.83. The molecular formula is C24H22F5N7O. The van der Waals surface area contributed by atoms with Crippen molar-refractivity contribution >= 4 is 0 Å². The van der Waals surface area contributed by atoms with Crippen molar-refractivity contribution in [2.45, 2.75) is 44.4 Å². The largest absolute Gasteiger partial charge is 0.416 e. The normalized spacial score (nSPS) is 16.8. The molecule has 0 unspecified atom stereocenters. The van der Waals surface area contributed by atoms with Gasteiger partial charge in [0.1, 0.15) is 35.7 Å². The van der Waals surface area contributed by atoms with Crippen LogP contribution in [0, 0.1) is 11.6 Å². The molecule has 1 aliphatic heterocycles. The highest BCUT2D eigenvalue weighted by Gasteiger charge is 2.43. The summed E-state index contributed by atoms with van der Waals surface area (Å²) in [4.78, 5) is 10.2. The molecule has 2 aromatic carbocycles. The fraction of sp³-hybridized carbons (Fsp3) is 0.333. The van der Waals surface area contributed by atoms with Crippen LogP contribution in [0.25, 0.3) is 11.4 Å². The van der Waals surface area contributed by atoms with Gasteiger partial charge in [-0.3, -0.25) is 4.90 Å². The van der Waals surface area contributed by atoms with Crippen LogP contribution < -0.4 is 0 Å². The molecule has 3 heterocycles. The summed E-state index contributed by atoms with van der Waals surface area (Å²) in [6.45, 7) is 2.48. The molecule has 0 radical (unpaired) electrons. The van der Waals surface area contributed by atoms with E-state index in [2.05, 4.69) is 20.2 Å². The molecule has 37 heavy (non-hydrogen) atoms. The first-order valence-corrected chi connectivity index (χ1v) is 11.4. The van der Waals surface area contributed by atoms with Crippen LogP contribution in [0.1, 0.15) is 23.9 Å². The Kier molecular flexibility index (Phi) is 6.28. The third-order valence-corrected chi connectivity index (χ3v) is 6.65. The average Bonchev–Trinajstić information content (AvgIpc) is 3.52. The van der Waals surface area contributed by atoms with Gasteiger partial charge in [0.25, 0.3) is 0 Å². The molecule has 8 nitrogen and oxygen atoms in total. The Morgan fingerprint density at radius 3 is 2.59 bits per heavy atom. The zero-order valence-corrected chi connectivity index (χ0v) is 19.6. The van der Waals surface area contributed by atoms with Gasteiger partial charge in [0.15, 0.2) is 5.82 Å². The van der Waals surface area contributed by atoms with E-state index < -0.39 is 35.0 Å². The van der Waals surface area contributed by atoms with Gasteiger partial charge in [-0.05, 0) is 25.1 Å². The second kappa shape index (κ2) is 9.30. The molecule has 2 aromatic heterocycles. The van der Waals surface area contributed by atoms with E-state index >= 15 is 0 Å². The second-order valence-electron chi connectivity index (χ2n) is 8.94. The molecular weight excluding hydrogens is 497 g/mol. The van der Waals surface area contributed by atoms with Crippen LogP contribution in [-0.2, 0) is 31.4 Å². The SMILES string of the molecule is C[C@@H](N1CCn2nc(-c3cccc(C(F)(F)F)c3)nc2C1)[C@](O)(Cn1cncn1)c1ccc(F)cc1F. The Bertz CT molecular complexity index is 1400. The van der Waals surface area contributed by atoms with Gasteiger partial charge in [-0.15, -0.1) is 0 Å². The second-order valence-corrected chi connectivity index (χ2v) is 8.94. The number of aromatic nitrogens is 6. The first-order valence-electron chi connectivity index (χ1n) is 11.4. The lowest BCUT2D eigenvalue weighted by Crippen LogP contribution is -2.53. The maximum absolute atomic E-state index is 14.9. The molecule has 194 valence electrons. The number of hydrogen-bond donors (Lipinski definition) is 1. The van der Waals surface area contributed by atoms with Crippen molar-refractivity contribution < 1.29 is 27.1 Å². The highest BCUT2D eigenvalue weighted by atomic mass is 19.4. The number of rotatable bonds is 6. The van der Waals surface area contributed by atoms with Crippen molar-refractivity contribution in [2.75, 3.05) is 6.54 Å². The third-order valence-electron chi connectivity index (χ3n) is 6.65. The van der Waals surface area contributed by atoms with Crippen LogP contribution in [0.3, 0.4) is 0 Å². The molecule has 0 aliphatic carbocycles. The topological polar surface area (TPSA) is 84.9 Å². The summed E-state index contributed by atoms with van der Waals surface area (Å²) in [5.74, 6) is -1.04. The molecule has 1 aliphatic rings. The molecule has 0 amide bonds. The molecule has 0 spiro atoms. The standard InChI is InChI=1S/C24H22F5N7O/c1-15(23(37,12-35-14-30-13-31-35)19-6-5-18(25)10-20(19)26)34-7-8-36-21(11-34)32-22(33-36)16-3-2-4-17(9-16)24(27,28)29/h2-6,9-10,13-15,37H,7-8,11-12H2,1H3/t15-,23-/m1/s1. The molecule has 2 atom stereocenters. The fourth-order valence-corrected chi connectivity index (χ4v) is 4.59. The average molecular weight is 519 g/mol. The van der Waals surface area contributed by atoms with Crippen LogP contribution in [0.2, 0.25) is 0 Å². The lowest BCUT2D eigenvalue weighted by molar-refractivity contribution is -0.137. The number of nitrogens with zero attached hydrogens (tertiary/aromatic N) is 7. The van der Waals surface area contributed by atoms with Gasteiger partial charge in [-0.2, -0.15) is 23.4 Å². The highest BCUT2D eigenvalue weighted by Crippen LogP contribution is 2.35. The van der Waals surface area contributed by atoms with Crippen molar-refractivity contribution in [1.29, 1.82) is 0 Å². The summed E-state index contributed by atoms with van der Waals surface area (Å²) in [5.41, 5.74) is -2.51. The van der Waals surface area contributed by atoms with Crippen LogP contribution in [0.4, 0.5) is 22.0 Å². The minimum Gasteiger partial charge on any atom is -0.381 e. The van der Waals surface area contributed by atoms with Gasteiger partial charge in [0.05, 0.1) is 25.2 Å². The van der Waals surface area contributed by atoms with Crippen molar-refractivity contribution in [3.8, 4) is 11.4 Å². The summed E-state index contributed by atoms with van der Waals surface area (Å²) >= 11 is 0. The molecule has 0 bridgehead atoms. The first kappa shape index (κ1) is 25.0. The van der Waals surface area contributed by atoms with Crippen molar-refractivity contribution in [3.05, 3.63) is 83.7 Å². The molecule has 0 fully saturated rings. The molecule has 4 aromatic rings. The van der Waals surface area contributed by atoms with E-state index in [1.54, 1.807) is 11.6 Å². The minimum atomic E-state index is -4.49. The fourth-order valence-electron chi connectivity index (χ4n) is 4.59. The Balaban J connectivity index is 1.45. The van der Waals surface area contributed by atoms with E-state index in [4.69, 9.17) is 0 Å². The van der Waals surface area contributed by atoms with E-state index in [9.17, 15) is 27.1 Å². The Labute approximate surface area is 208 Å². The number of halogens is 5. The number of benzene rings is 2. The molecule has 0 saturated carbocycles. The third kappa shape index (κ3) is 4.83. The Morgan fingerprint density at radius 2 is 1.89 bits per heavy atom. The zero-order chi connectivity index (χ0) is 26.4. The predicted molar refractivity (Wildman–Crippen MR) is 121 cm³/mol. The lowest BCUT2D eigenvalue weighted by Gasteiger charge is -2.42. The van der Waals surface area contributed by atoms with Crippen LogP contribution in [-0.4, -0.2) is 52.1 Å². The number of fused-ring (bicyclic) bond motifs is 1. The van der Waals surface area contributed by atoms with Crippen molar-refractivity contribution in [1.82, 2.24) is 34.4 Å². The molecule has 13 heteroatoms. The highest BCUT2D eigenvalue weighted by molar-refractivity contribution is 5.56. The van der Waals surface area contributed by atoms with Crippen molar-refractivity contribution in [3.63, 3.8) is 0 Å². The van der Waals surface area contributed by atoms with Gasteiger partial charge in [0.2, 0.25) is 0 Å². The number of aliphatic hydroxyl groups is 1. The zero-order valence-electron chi connectivity index (χ0n) is 19.6. The smallest absolute Gasteiger partial charge is 0.381 e. The maximum atomic E-state index is 14.9. The van der Waals surface area contributed by atoms with Crippen LogP contribution in [0.15, 0.2) is 55.1 Å². The molecule has 0 saturated heterocycles. The Morgan fingerprint density at radius 1 is 1.08 bits per heavy atom. The van der Waals surface area contributed by atoms with E-state index in [1.807, 2.05) is 4.90 Å². The van der Waals surface area contributed by atoms with E-state index in [-0.39, 0.29) is 30.0 Å². The number of alkyl halides is 3. The lowest BCUT2D eigenvalue weighted by atomic mass is 9.85. The van der Waals surface area contributed by atoms with Gasteiger partial charge in [-0.1, -0.05) is 18.2 Å². The van der Waals surface area contributed by atoms with E-state index in [0.29, 0.717) is 25.0 Å². The van der Waals surface area contributed by atoms with E-state index in [1.165, 1.54) is 35.5 Å². The summed E-state index contributed by atoms with van der Waals surface area (Å²) in [7, 11) is 0. The minimum absolute atomic E-state index is 0.103. The van der Waals surface area contributed by atoms with E-state index in [0.717, 1.165) is 18.2 Å². The summed E-state index contributed by atoms with van der Waals surface area (Å²) < 4.78 is 70.9. The first-order chi connectivity index (χ1) is 17.5. The van der Waals surface area contributed by atoms with Gasteiger partial charge in [0, 0.05) is 29.8 Å². The monoisotopic (exact) mass is 519 g/mol. The Hall–Kier alpha value is -3.71. The summed E-state index contributed by atoms with van der Waals surface area (Å²) in [6, 6.07) is 7.06. The van der Waals surface area contributed by atoms with Crippen LogP contribution in [0.5, 0.6) is 0 Å². The van der Waals surface area contributed by atoms with Gasteiger partial charge >= 0.3 is 6.18 Å². The van der Waals surface area contributed by atoms with Gasteiger partial charge < -0.3 is 5.11 Å². The molecule has 5 rings (SSSR count). The maximum Gasteiger partial charge on any atom is 0.416 e.